The lowest BCUT2D eigenvalue weighted by Gasteiger charge is -2.27. The van der Waals surface area contributed by atoms with Crippen molar-refractivity contribution in [2.75, 3.05) is 76.4 Å². The largest absolute Gasteiger partial charge is 0.491 e. The van der Waals surface area contributed by atoms with Crippen molar-refractivity contribution >= 4 is 111 Å². The molecule has 0 radical (unpaired) electrons. The third kappa shape index (κ3) is 20.7. The summed E-state index contributed by atoms with van der Waals surface area (Å²) in [6.45, 7) is 10.6. The Kier molecular flexibility index (Phi) is 27.8. The van der Waals surface area contributed by atoms with Crippen LogP contribution in [-0.4, -0.2) is 184 Å². The number of fused-ring (bicyclic) bond motifs is 4. The van der Waals surface area contributed by atoms with E-state index in [1.54, 1.807) is 73.7 Å². The highest BCUT2D eigenvalue weighted by atomic mass is 35.5. The number of thiophene rings is 1. The second-order valence-corrected chi connectivity index (χ2v) is 28.6. The Morgan fingerprint density at radius 3 is 2.19 bits per heavy atom. The van der Waals surface area contributed by atoms with Crippen molar-refractivity contribution in [3.63, 3.8) is 0 Å². The number of nitrogens with zero attached hydrogens (tertiary/aromatic N) is 7. The molecule has 7 N–H and O–H groups in total. The molecule has 29 nitrogen and oxygen atoms in total. The number of ketones is 2. The number of nitrogens with two attached hydrogens (primary N) is 1. The van der Waals surface area contributed by atoms with Gasteiger partial charge in [0.05, 0.1) is 49.3 Å². The van der Waals surface area contributed by atoms with Gasteiger partial charge in [0, 0.05) is 115 Å². The molecule has 0 bridgehead atoms. The van der Waals surface area contributed by atoms with Crippen molar-refractivity contribution in [3.8, 4) is 10.8 Å². The number of anilines is 2. The van der Waals surface area contributed by atoms with E-state index in [0.717, 1.165) is 47.6 Å². The van der Waals surface area contributed by atoms with Gasteiger partial charge >= 0.3 is 12.1 Å². The van der Waals surface area contributed by atoms with Gasteiger partial charge in [-0.2, -0.15) is 0 Å². The number of aliphatic imine (C=N–C) groups is 1. The highest BCUT2D eigenvalue weighted by Crippen LogP contribution is 2.40. The summed E-state index contributed by atoms with van der Waals surface area (Å²) in [5.74, 6) is -3.85. The summed E-state index contributed by atoms with van der Waals surface area (Å²) in [6, 6.07) is 22.6. The Morgan fingerprint density at radius 2 is 1.49 bits per heavy atom. The van der Waals surface area contributed by atoms with Crippen LogP contribution in [0, 0.1) is 32.6 Å². The van der Waals surface area contributed by atoms with Crippen LogP contribution in [0.2, 0.25) is 5.02 Å². The summed E-state index contributed by atoms with van der Waals surface area (Å²) >= 11 is 7.94. The number of imide groups is 3. The van der Waals surface area contributed by atoms with Crippen LogP contribution in [0.3, 0.4) is 0 Å². The van der Waals surface area contributed by atoms with E-state index >= 15 is 0 Å². The normalized spacial score (nSPS) is 15.8. The van der Waals surface area contributed by atoms with Gasteiger partial charge in [-0.3, -0.25) is 72.6 Å². The first kappa shape index (κ1) is 79.7. The number of unbranched alkanes of at least 4 members (excludes halogenated alkanes) is 2. The second-order valence-electron chi connectivity index (χ2n) is 26.9. The fourth-order valence-electron chi connectivity index (χ4n) is 13.0. The fraction of sp³-hybridized carbons (Fsp3) is 0.416. The third-order valence-electron chi connectivity index (χ3n) is 18.8. The van der Waals surface area contributed by atoms with E-state index in [2.05, 4.69) is 50.6 Å². The third-order valence-corrected chi connectivity index (χ3v) is 20.3. The molecule has 10 rings (SSSR count). The maximum Gasteiger partial charge on any atom is 0.410 e. The number of nitrogens with one attached hydrogen (secondary N) is 5. The molecule has 4 aromatic carbocycles. The minimum Gasteiger partial charge on any atom is -0.491 e. The number of aryl methyl sites for hydroxylation is 2. The summed E-state index contributed by atoms with van der Waals surface area (Å²) in [4.78, 5) is 166. The molecule has 108 heavy (non-hydrogen) atoms. The van der Waals surface area contributed by atoms with Crippen LogP contribution in [0.1, 0.15) is 149 Å². The Bertz CT molecular complexity index is 4410. The number of carbonyl (C=O) groups is 12. The molecule has 11 amide bonds. The molecule has 2 aromatic heterocycles. The Balaban J connectivity index is 0.715. The second kappa shape index (κ2) is 37.6. The van der Waals surface area contributed by atoms with E-state index in [1.165, 1.54) is 23.1 Å². The maximum atomic E-state index is 14.0. The molecule has 0 spiro atoms. The molecule has 1 fully saturated rings. The predicted molar refractivity (Wildman–Crippen MR) is 400 cm³/mol. The number of halogens is 1. The van der Waals surface area contributed by atoms with E-state index in [-0.39, 0.29) is 164 Å². The lowest BCUT2D eigenvalue weighted by atomic mass is 9.89. The summed E-state index contributed by atoms with van der Waals surface area (Å²) in [7, 11) is 0. The smallest absolute Gasteiger partial charge is 0.410 e. The van der Waals surface area contributed by atoms with Crippen LogP contribution in [0.5, 0.6) is 5.75 Å². The van der Waals surface area contributed by atoms with Crippen LogP contribution in [0.25, 0.3) is 5.00 Å². The average molecular weight is 1520 g/mol. The topological polar surface area (TPSA) is 381 Å². The van der Waals surface area contributed by atoms with Crippen LogP contribution >= 0.6 is 22.9 Å². The van der Waals surface area contributed by atoms with Gasteiger partial charge in [-0.25, -0.2) is 9.59 Å². The summed E-state index contributed by atoms with van der Waals surface area (Å²) in [5.41, 5.74) is 11.3. The van der Waals surface area contributed by atoms with Crippen LogP contribution < -0.4 is 37.1 Å². The number of ether oxygens (including phenoxy) is 4. The Labute approximate surface area is 633 Å². The Morgan fingerprint density at radius 1 is 0.778 bits per heavy atom. The number of urea groups is 1. The van der Waals surface area contributed by atoms with E-state index in [9.17, 15) is 57.5 Å². The Hall–Kier alpha value is -10.8. The predicted octanol–water partition coefficient (Wildman–Crippen LogP) is 8.15. The zero-order valence-electron chi connectivity index (χ0n) is 60.8. The summed E-state index contributed by atoms with van der Waals surface area (Å²) in [6.07, 6.45) is 3.86. The van der Waals surface area contributed by atoms with Crippen molar-refractivity contribution in [1.29, 1.82) is 0 Å². The molecule has 570 valence electrons. The van der Waals surface area contributed by atoms with Gasteiger partial charge in [-0.05, 0) is 124 Å². The molecular weight excluding hydrogens is 1430 g/mol. The van der Waals surface area contributed by atoms with Gasteiger partial charge < -0.3 is 50.8 Å². The molecule has 6 aromatic rings. The van der Waals surface area contributed by atoms with E-state index in [4.69, 9.17) is 41.3 Å². The summed E-state index contributed by atoms with van der Waals surface area (Å²) in [5, 5.41) is 24.1. The average Bonchev–Trinajstić information content (AvgIpc) is 1.59. The first-order chi connectivity index (χ1) is 51.9. The van der Waals surface area contributed by atoms with Crippen molar-refractivity contribution in [3.05, 3.63) is 164 Å². The quantitative estimate of drug-likeness (QED) is 0.0156. The number of aromatic nitrogens is 3. The zero-order valence-corrected chi connectivity index (χ0v) is 62.4. The minimum absolute atomic E-state index is 0.0102. The number of piperidine rings is 1. The number of benzene rings is 4. The van der Waals surface area contributed by atoms with Crippen LogP contribution in [0.15, 0.2) is 108 Å². The van der Waals surface area contributed by atoms with Crippen molar-refractivity contribution in [2.24, 2.45) is 22.6 Å². The van der Waals surface area contributed by atoms with Crippen molar-refractivity contribution in [1.82, 2.24) is 45.4 Å². The van der Waals surface area contributed by atoms with Gasteiger partial charge in [-0.15, -0.1) is 21.5 Å². The monoisotopic (exact) mass is 1520 g/mol. The standard InChI is InChI=1S/C77H88ClN13O16S/c1-45(2)68(84-62(94)14-7-6-8-33-89-64(96)29-30-65(89)97)61(93)42-52(11-10-31-81-76(79)102)71(98)82-54-23-15-50(16-24-54)44-107-77(103)88(34-37-104-36-32-80-58-13-9-12-57-67(58)74(101)91(73(57)100)60-27-28-63(95)85-72(60)99)35-38-105-39-40-106-56-25-17-49(18-26-56)41-55(92)43-59-70-87-86-48(5)90(70)75-66(46(3)47(4)108-75)69(83-59)51-19-21-53(78)22-20-51/h9,12-13,15-26,29-30,45,52,59-60,68,80H,6-8,10-11,14,27-28,31-44H2,1-5H3,(H,82,98)(H,84,94)(H3,79,81,102)(H,85,95,99)/t52-,59+,60?,68+/m1/s1. The number of hydrogen-bond donors (Lipinski definition) is 6. The number of amides is 11. The number of primary amides is 1. The molecule has 4 atom stereocenters. The first-order valence-corrected chi connectivity index (χ1v) is 37.2. The SMILES string of the molecule is Cc1sc2c(c1C)C(c1ccc(Cl)cc1)=N[C@@H](CC(=O)Cc1ccc(OCCOCCN(CCOCCNc3cccc4c3C(=O)N(C3CCC(=O)NC3=O)C4=O)C(=O)OCc3ccc(NC(=O)[C@H](CCCNC(N)=O)CC(=O)[C@@H](NC(=O)CCCCCN4C(=O)C=CC4=O)C(C)C)cc3)cc1)c1nnc(C)n1-2. The van der Waals surface area contributed by atoms with Crippen molar-refractivity contribution < 1.29 is 76.5 Å². The first-order valence-electron chi connectivity index (χ1n) is 36.0. The molecule has 4 aliphatic rings. The highest BCUT2D eigenvalue weighted by Gasteiger charge is 2.46. The molecular formula is C77H88ClN13O16S. The van der Waals surface area contributed by atoms with Gasteiger partial charge in [0.25, 0.3) is 23.6 Å². The van der Waals surface area contributed by atoms with E-state index in [1.807, 2.05) is 47.9 Å². The molecule has 4 aliphatic heterocycles. The molecule has 31 heteroatoms. The van der Waals surface area contributed by atoms with E-state index in [0.29, 0.717) is 65.0 Å². The molecule has 1 unspecified atom stereocenters. The van der Waals surface area contributed by atoms with E-state index < -0.39 is 65.7 Å². The summed E-state index contributed by atoms with van der Waals surface area (Å²) < 4.78 is 25.7. The molecule has 6 heterocycles. The molecule has 0 aliphatic carbocycles. The number of hydrogen-bond acceptors (Lipinski definition) is 21. The zero-order chi connectivity index (χ0) is 77.1. The minimum atomic E-state index is -1.13. The van der Waals surface area contributed by atoms with Gasteiger partial charge in [0.15, 0.2) is 11.6 Å². The highest BCUT2D eigenvalue weighted by molar-refractivity contribution is 7.15. The number of rotatable bonds is 39. The number of carbonyl (C=O) groups excluding carboxylic acids is 12. The number of Topliss-reactive ketones (excluding diaryl/α,β-unsaturated/α-hetero) is 2. The van der Waals surface area contributed by atoms with Gasteiger partial charge in [-0.1, -0.05) is 74.3 Å². The van der Waals surface area contributed by atoms with Gasteiger partial charge in [0.1, 0.15) is 47.7 Å². The van der Waals surface area contributed by atoms with Crippen LogP contribution in [0.4, 0.5) is 21.0 Å². The lowest BCUT2D eigenvalue weighted by molar-refractivity contribution is -0.138. The fourth-order valence-corrected chi connectivity index (χ4v) is 14.3. The molecule has 0 saturated carbocycles. The van der Waals surface area contributed by atoms with Gasteiger partial charge in [0.2, 0.25) is 23.6 Å². The molecule has 1 saturated heterocycles. The maximum absolute atomic E-state index is 14.0. The van der Waals surface area contributed by atoms with Crippen molar-refractivity contribution in [2.45, 2.75) is 130 Å². The lowest BCUT2D eigenvalue weighted by Crippen LogP contribution is -2.54. The van der Waals surface area contributed by atoms with Crippen LogP contribution in [-0.2, 0) is 65.6 Å².